The smallest absolute Gasteiger partial charge is 0.191 e. The summed E-state index contributed by atoms with van der Waals surface area (Å²) in [5.74, 6) is 3.76. The SMILES string of the molecule is CCNC(=NCc1ccc(OC)c(OC)c1)NCC1CCCN(CC(C)C)C1.I. The van der Waals surface area contributed by atoms with Crippen LogP contribution in [0.1, 0.15) is 39.2 Å². The summed E-state index contributed by atoms with van der Waals surface area (Å²) in [5, 5.41) is 6.90. The highest BCUT2D eigenvalue weighted by Gasteiger charge is 2.20. The Morgan fingerprint density at radius 1 is 1.21 bits per heavy atom. The third-order valence-corrected chi connectivity index (χ3v) is 5.00. The van der Waals surface area contributed by atoms with Gasteiger partial charge in [-0.15, -0.1) is 24.0 Å². The van der Waals surface area contributed by atoms with E-state index in [1.54, 1.807) is 14.2 Å². The number of nitrogens with one attached hydrogen (secondary N) is 2. The summed E-state index contributed by atoms with van der Waals surface area (Å²) in [6.07, 6.45) is 2.58. The molecule has 2 N–H and O–H groups in total. The van der Waals surface area contributed by atoms with Crippen molar-refractivity contribution in [1.82, 2.24) is 15.5 Å². The summed E-state index contributed by atoms with van der Waals surface area (Å²) in [6.45, 7) is 12.7. The van der Waals surface area contributed by atoms with Gasteiger partial charge in [0.15, 0.2) is 17.5 Å². The lowest BCUT2D eigenvalue weighted by Crippen LogP contribution is -2.45. The fraction of sp³-hybridized carbons (Fsp3) is 0.682. The van der Waals surface area contributed by atoms with Crippen molar-refractivity contribution in [3.63, 3.8) is 0 Å². The molecule has 1 aliphatic heterocycles. The van der Waals surface area contributed by atoms with Gasteiger partial charge in [0.2, 0.25) is 0 Å². The second-order valence-electron chi connectivity index (χ2n) is 7.93. The summed E-state index contributed by atoms with van der Waals surface area (Å²) in [5.41, 5.74) is 1.09. The molecule has 0 aliphatic carbocycles. The topological polar surface area (TPSA) is 58.1 Å². The first-order chi connectivity index (χ1) is 13.5. The van der Waals surface area contributed by atoms with Crippen molar-refractivity contribution in [1.29, 1.82) is 0 Å². The van der Waals surface area contributed by atoms with E-state index in [9.17, 15) is 0 Å². The standard InChI is InChI=1S/C22H38N4O2.HI/c1-6-23-22(24-13-18-9-10-20(27-4)21(12-18)28-5)25-14-19-8-7-11-26(16-19)15-17(2)3;/h9-10,12,17,19H,6-8,11,13-16H2,1-5H3,(H2,23,24,25);1H. The van der Waals surface area contributed by atoms with Crippen molar-refractivity contribution in [3.05, 3.63) is 23.8 Å². The molecule has 1 aromatic carbocycles. The molecular weight excluding hydrogens is 479 g/mol. The zero-order chi connectivity index (χ0) is 20.4. The van der Waals surface area contributed by atoms with Crippen LogP contribution < -0.4 is 20.1 Å². The summed E-state index contributed by atoms with van der Waals surface area (Å²) < 4.78 is 10.7. The van der Waals surface area contributed by atoms with Crippen LogP contribution in [-0.4, -0.2) is 57.8 Å². The number of halogens is 1. The van der Waals surface area contributed by atoms with Crippen molar-refractivity contribution in [2.75, 3.05) is 46.9 Å². The van der Waals surface area contributed by atoms with E-state index in [4.69, 9.17) is 14.5 Å². The Labute approximate surface area is 193 Å². The van der Waals surface area contributed by atoms with E-state index < -0.39 is 0 Å². The van der Waals surface area contributed by atoms with Crippen LogP contribution in [0.4, 0.5) is 0 Å². The average Bonchev–Trinajstić information content (AvgIpc) is 2.69. The van der Waals surface area contributed by atoms with Gasteiger partial charge in [0.25, 0.3) is 0 Å². The van der Waals surface area contributed by atoms with E-state index in [1.165, 1.54) is 32.5 Å². The average molecular weight is 518 g/mol. The van der Waals surface area contributed by atoms with E-state index >= 15 is 0 Å². The van der Waals surface area contributed by atoms with Crippen LogP contribution >= 0.6 is 24.0 Å². The lowest BCUT2D eigenvalue weighted by Gasteiger charge is -2.34. The minimum absolute atomic E-state index is 0. The maximum atomic E-state index is 5.39. The number of ether oxygens (including phenoxy) is 2. The molecule has 1 heterocycles. The van der Waals surface area contributed by atoms with Crippen LogP contribution in [-0.2, 0) is 6.54 Å². The van der Waals surface area contributed by atoms with Gasteiger partial charge in [-0.1, -0.05) is 19.9 Å². The monoisotopic (exact) mass is 518 g/mol. The van der Waals surface area contributed by atoms with Gasteiger partial charge in [0.1, 0.15) is 0 Å². The van der Waals surface area contributed by atoms with Gasteiger partial charge in [-0.25, -0.2) is 4.99 Å². The van der Waals surface area contributed by atoms with Gasteiger partial charge < -0.3 is 25.0 Å². The summed E-state index contributed by atoms with van der Waals surface area (Å²) >= 11 is 0. The Hall–Kier alpha value is -1.22. The Morgan fingerprint density at radius 2 is 1.97 bits per heavy atom. The van der Waals surface area contributed by atoms with Crippen LogP contribution in [0, 0.1) is 11.8 Å². The number of likely N-dealkylation sites (tertiary alicyclic amines) is 1. The predicted octanol–water partition coefficient (Wildman–Crippen LogP) is 3.74. The zero-order valence-electron chi connectivity index (χ0n) is 18.7. The first-order valence-corrected chi connectivity index (χ1v) is 10.5. The number of guanidine groups is 1. The quantitative estimate of drug-likeness (QED) is 0.297. The van der Waals surface area contributed by atoms with E-state index in [0.29, 0.717) is 12.5 Å². The van der Waals surface area contributed by atoms with Crippen molar-refractivity contribution in [2.24, 2.45) is 16.8 Å². The number of methoxy groups -OCH3 is 2. The van der Waals surface area contributed by atoms with E-state index in [0.717, 1.165) is 42.0 Å². The van der Waals surface area contributed by atoms with Gasteiger partial charge in [-0.2, -0.15) is 0 Å². The van der Waals surface area contributed by atoms with Gasteiger partial charge in [0, 0.05) is 26.2 Å². The van der Waals surface area contributed by atoms with E-state index in [-0.39, 0.29) is 24.0 Å². The second-order valence-corrected chi connectivity index (χ2v) is 7.93. The summed E-state index contributed by atoms with van der Waals surface area (Å²) in [7, 11) is 3.31. The molecule has 166 valence electrons. The van der Waals surface area contributed by atoms with Crippen molar-refractivity contribution >= 4 is 29.9 Å². The largest absolute Gasteiger partial charge is 0.493 e. The van der Waals surface area contributed by atoms with Gasteiger partial charge in [-0.3, -0.25) is 0 Å². The van der Waals surface area contributed by atoms with Crippen LogP contribution in [0.25, 0.3) is 0 Å². The lowest BCUT2D eigenvalue weighted by atomic mass is 9.97. The lowest BCUT2D eigenvalue weighted by molar-refractivity contribution is 0.159. The Bertz CT molecular complexity index is 625. The summed E-state index contributed by atoms with van der Waals surface area (Å²) in [6, 6.07) is 5.94. The molecule has 0 amide bonds. The molecule has 6 nitrogen and oxygen atoms in total. The number of rotatable bonds is 9. The molecule has 0 bridgehead atoms. The van der Waals surface area contributed by atoms with Crippen molar-refractivity contribution in [3.8, 4) is 11.5 Å². The zero-order valence-corrected chi connectivity index (χ0v) is 21.0. The van der Waals surface area contributed by atoms with Gasteiger partial charge in [0.05, 0.1) is 20.8 Å². The highest BCUT2D eigenvalue weighted by Crippen LogP contribution is 2.27. The highest BCUT2D eigenvalue weighted by molar-refractivity contribution is 14.0. The molecule has 0 radical (unpaired) electrons. The summed E-state index contributed by atoms with van der Waals surface area (Å²) in [4.78, 5) is 7.36. The maximum Gasteiger partial charge on any atom is 0.191 e. The molecule has 29 heavy (non-hydrogen) atoms. The minimum atomic E-state index is 0. The Kier molecular flexibility index (Phi) is 12.4. The highest BCUT2D eigenvalue weighted by atomic mass is 127. The van der Waals surface area contributed by atoms with Crippen LogP contribution in [0.5, 0.6) is 11.5 Å². The molecular formula is C22H39IN4O2. The third-order valence-electron chi connectivity index (χ3n) is 5.00. The van der Waals surface area contributed by atoms with E-state index in [1.807, 2.05) is 18.2 Å². The number of hydrogen-bond acceptors (Lipinski definition) is 4. The number of nitrogens with zero attached hydrogens (tertiary/aromatic N) is 2. The second kappa shape index (κ2) is 13.9. The first-order valence-electron chi connectivity index (χ1n) is 10.5. The normalized spacial score (nSPS) is 17.6. The Morgan fingerprint density at radius 3 is 2.62 bits per heavy atom. The number of piperidine rings is 1. The third kappa shape index (κ3) is 8.99. The van der Waals surface area contributed by atoms with Crippen LogP contribution in [0.3, 0.4) is 0 Å². The number of hydrogen-bond donors (Lipinski definition) is 2. The van der Waals surface area contributed by atoms with Crippen molar-refractivity contribution < 1.29 is 9.47 Å². The maximum absolute atomic E-state index is 5.39. The minimum Gasteiger partial charge on any atom is -0.493 e. The van der Waals surface area contributed by atoms with Gasteiger partial charge >= 0.3 is 0 Å². The molecule has 7 heteroatoms. The van der Waals surface area contributed by atoms with Crippen LogP contribution in [0.2, 0.25) is 0 Å². The van der Waals surface area contributed by atoms with E-state index in [2.05, 4.69) is 36.3 Å². The molecule has 2 rings (SSSR count). The van der Waals surface area contributed by atoms with Crippen LogP contribution in [0.15, 0.2) is 23.2 Å². The van der Waals surface area contributed by atoms with Gasteiger partial charge in [-0.05, 0) is 55.8 Å². The first kappa shape index (κ1) is 25.8. The molecule has 1 unspecified atom stereocenters. The molecule has 0 saturated carbocycles. The molecule has 1 saturated heterocycles. The predicted molar refractivity (Wildman–Crippen MR) is 132 cm³/mol. The Balaban J connectivity index is 0.00000420. The fourth-order valence-electron chi connectivity index (χ4n) is 3.73. The van der Waals surface area contributed by atoms with Crippen molar-refractivity contribution in [2.45, 2.75) is 40.2 Å². The molecule has 1 atom stereocenters. The molecule has 0 spiro atoms. The number of benzene rings is 1. The molecule has 0 aromatic heterocycles. The molecule has 1 aromatic rings. The number of aliphatic imine (C=N–C) groups is 1. The molecule has 1 aliphatic rings. The molecule has 1 fully saturated rings. The fourth-order valence-corrected chi connectivity index (χ4v) is 3.73.